The van der Waals surface area contributed by atoms with E-state index in [-0.39, 0.29) is 5.60 Å². The fourth-order valence-corrected chi connectivity index (χ4v) is 4.87. The second-order valence-electron chi connectivity index (χ2n) is 5.80. The zero-order valence-electron chi connectivity index (χ0n) is 11.8. The van der Waals surface area contributed by atoms with Gasteiger partial charge in [-0.1, -0.05) is 0 Å². The van der Waals surface area contributed by atoms with Crippen LogP contribution in [0.25, 0.3) is 0 Å². The van der Waals surface area contributed by atoms with E-state index in [9.17, 15) is 0 Å². The van der Waals surface area contributed by atoms with Crippen LogP contribution in [0, 0.1) is 5.92 Å². The van der Waals surface area contributed by atoms with Gasteiger partial charge in [-0.3, -0.25) is 4.68 Å². The van der Waals surface area contributed by atoms with Gasteiger partial charge in [0.1, 0.15) is 0 Å². The number of aromatic nitrogens is 2. The summed E-state index contributed by atoms with van der Waals surface area (Å²) in [5.74, 6) is 3.08. The van der Waals surface area contributed by atoms with Gasteiger partial charge in [0.05, 0.1) is 11.8 Å². The quantitative estimate of drug-likeness (QED) is 0.919. The van der Waals surface area contributed by atoms with Crippen molar-refractivity contribution in [2.24, 2.45) is 13.0 Å². The molecule has 3 atom stereocenters. The molecule has 0 aromatic carbocycles. The van der Waals surface area contributed by atoms with Gasteiger partial charge in [-0.2, -0.15) is 16.9 Å². The molecule has 2 aliphatic rings. The molecular formula is C14H23N3OS. The summed E-state index contributed by atoms with van der Waals surface area (Å²) in [7, 11) is 4.04. The van der Waals surface area contributed by atoms with Crippen LogP contribution in [0.5, 0.6) is 0 Å². The molecule has 2 aliphatic heterocycles. The van der Waals surface area contributed by atoms with Crippen LogP contribution < -0.4 is 5.32 Å². The standard InChI is InChI=1S/C14H23N3OS/c1-15-13(12-8-16-17(2)9-12)11-3-5-18-14(7-11)4-6-19-10-14/h8-9,11,13,15H,3-7,10H2,1-2H3. The lowest BCUT2D eigenvalue weighted by molar-refractivity contribution is -0.0850. The Hall–Kier alpha value is -0.520. The number of hydrogen-bond donors (Lipinski definition) is 1. The third-order valence-corrected chi connectivity index (χ3v) is 5.69. The maximum absolute atomic E-state index is 6.12. The molecule has 106 valence electrons. The van der Waals surface area contributed by atoms with Gasteiger partial charge in [0.2, 0.25) is 0 Å². The number of nitrogens with zero attached hydrogens (tertiary/aromatic N) is 2. The lowest BCUT2D eigenvalue weighted by atomic mass is 9.79. The van der Waals surface area contributed by atoms with Gasteiger partial charge in [0.25, 0.3) is 0 Å². The first-order valence-electron chi connectivity index (χ1n) is 7.10. The predicted octanol–water partition coefficient (Wildman–Crippen LogP) is 1.98. The Kier molecular flexibility index (Phi) is 3.87. The third-order valence-electron chi connectivity index (χ3n) is 4.46. The van der Waals surface area contributed by atoms with Crippen molar-refractivity contribution in [1.82, 2.24) is 15.1 Å². The molecule has 1 N–H and O–H groups in total. The molecular weight excluding hydrogens is 258 g/mol. The highest BCUT2D eigenvalue weighted by Crippen LogP contribution is 2.43. The second-order valence-corrected chi connectivity index (χ2v) is 6.91. The summed E-state index contributed by atoms with van der Waals surface area (Å²) in [4.78, 5) is 0. The predicted molar refractivity (Wildman–Crippen MR) is 78.4 cm³/mol. The average molecular weight is 281 g/mol. The van der Waals surface area contributed by atoms with Gasteiger partial charge in [-0.15, -0.1) is 0 Å². The van der Waals surface area contributed by atoms with Crippen molar-refractivity contribution in [2.75, 3.05) is 25.2 Å². The Morgan fingerprint density at radius 1 is 1.63 bits per heavy atom. The van der Waals surface area contributed by atoms with Crippen LogP contribution in [0.2, 0.25) is 0 Å². The maximum atomic E-state index is 6.12. The molecule has 5 heteroatoms. The van der Waals surface area contributed by atoms with E-state index in [1.54, 1.807) is 0 Å². The summed E-state index contributed by atoms with van der Waals surface area (Å²) in [5, 5.41) is 7.80. The van der Waals surface area contributed by atoms with Gasteiger partial charge < -0.3 is 10.1 Å². The summed E-state index contributed by atoms with van der Waals surface area (Å²) in [6.45, 7) is 0.906. The minimum absolute atomic E-state index is 0.158. The number of rotatable bonds is 3. The Morgan fingerprint density at radius 3 is 3.16 bits per heavy atom. The number of hydrogen-bond acceptors (Lipinski definition) is 4. The minimum atomic E-state index is 0.158. The lowest BCUT2D eigenvalue weighted by Crippen LogP contribution is -2.43. The summed E-state index contributed by atoms with van der Waals surface area (Å²) in [6.07, 6.45) is 7.67. The number of thioether (sulfide) groups is 1. The highest BCUT2D eigenvalue weighted by molar-refractivity contribution is 7.99. The Labute approximate surface area is 119 Å². The van der Waals surface area contributed by atoms with Crippen molar-refractivity contribution in [3.05, 3.63) is 18.0 Å². The molecule has 19 heavy (non-hydrogen) atoms. The Morgan fingerprint density at radius 2 is 2.53 bits per heavy atom. The molecule has 2 fully saturated rings. The van der Waals surface area contributed by atoms with Crippen LogP contribution in [0.1, 0.15) is 30.9 Å². The molecule has 2 saturated heterocycles. The Bertz CT molecular complexity index is 428. The molecule has 3 heterocycles. The van der Waals surface area contributed by atoms with E-state index in [1.165, 1.54) is 29.9 Å². The van der Waals surface area contributed by atoms with Crippen LogP contribution in [0.3, 0.4) is 0 Å². The first kappa shape index (κ1) is 13.5. The zero-order valence-corrected chi connectivity index (χ0v) is 12.6. The van der Waals surface area contributed by atoms with E-state index in [4.69, 9.17) is 4.74 Å². The van der Waals surface area contributed by atoms with E-state index in [1.807, 2.05) is 29.7 Å². The average Bonchev–Trinajstić information content (AvgIpc) is 3.01. The monoisotopic (exact) mass is 281 g/mol. The topological polar surface area (TPSA) is 39.1 Å². The van der Waals surface area contributed by atoms with Gasteiger partial charge in [0.15, 0.2) is 0 Å². The molecule has 1 aromatic heterocycles. The smallest absolute Gasteiger partial charge is 0.0783 e. The molecule has 0 saturated carbocycles. The highest BCUT2D eigenvalue weighted by atomic mass is 32.2. The summed E-state index contributed by atoms with van der Waals surface area (Å²) in [5.41, 5.74) is 1.46. The van der Waals surface area contributed by atoms with Crippen LogP contribution in [-0.4, -0.2) is 40.5 Å². The fraction of sp³-hybridized carbons (Fsp3) is 0.786. The van der Waals surface area contributed by atoms with Gasteiger partial charge in [-0.25, -0.2) is 0 Å². The molecule has 3 unspecified atom stereocenters. The first-order valence-corrected chi connectivity index (χ1v) is 8.25. The minimum Gasteiger partial charge on any atom is -0.374 e. The largest absolute Gasteiger partial charge is 0.374 e. The Balaban J connectivity index is 1.76. The molecule has 0 radical (unpaired) electrons. The van der Waals surface area contributed by atoms with Crippen LogP contribution >= 0.6 is 11.8 Å². The van der Waals surface area contributed by atoms with Gasteiger partial charge in [0, 0.05) is 37.2 Å². The highest BCUT2D eigenvalue weighted by Gasteiger charge is 2.42. The molecule has 4 nitrogen and oxygen atoms in total. The zero-order chi connectivity index (χ0) is 13.3. The van der Waals surface area contributed by atoms with Crippen molar-refractivity contribution in [3.63, 3.8) is 0 Å². The second kappa shape index (κ2) is 5.46. The van der Waals surface area contributed by atoms with Crippen LogP contribution in [0.15, 0.2) is 12.4 Å². The van der Waals surface area contributed by atoms with Crippen LogP contribution in [-0.2, 0) is 11.8 Å². The SMILES string of the molecule is CNC(c1cnn(C)c1)C1CCOC2(CCSC2)C1. The maximum Gasteiger partial charge on any atom is 0.0783 e. The van der Waals surface area contributed by atoms with E-state index in [2.05, 4.69) is 23.7 Å². The molecule has 1 spiro atoms. The van der Waals surface area contributed by atoms with Crippen molar-refractivity contribution in [1.29, 1.82) is 0 Å². The van der Waals surface area contributed by atoms with Crippen molar-refractivity contribution >= 4 is 11.8 Å². The summed E-state index contributed by atoms with van der Waals surface area (Å²) in [6, 6.07) is 0.403. The lowest BCUT2D eigenvalue weighted by Gasteiger charge is -2.40. The molecule has 0 amide bonds. The van der Waals surface area contributed by atoms with E-state index < -0.39 is 0 Å². The fourth-order valence-electron chi connectivity index (χ4n) is 3.49. The number of aryl methyl sites for hydroxylation is 1. The summed E-state index contributed by atoms with van der Waals surface area (Å²) >= 11 is 2.04. The summed E-state index contributed by atoms with van der Waals surface area (Å²) < 4.78 is 8.01. The molecule has 0 bridgehead atoms. The van der Waals surface area contributed by atoms with E-state index in [0.717, 1.165) is 13.0 Å². The van der Waals surface area contributed by atoms with Crippen molar-refractivity contribution < 1.29 is 4.74 Å². The molecule has 3 rings (SSSR count). The molecule has 1 aromatic rings. The van der Waals surface area contributed by atoms with Gasteiger partial charge >= 0.3 is 0 Å². The van der Waals surface area contributed by atoms with Crippen molar-refractivity contribution in [3.8, 4) is 0 Å². The number of ether oxygens (including phenoxy) is 1. The van der Waals surface area contributed by atoms with Crippen molar-refractivity contribution in [2.45, 2.75) is 30.9 Å². The third kappa shape index (κ3) is 2.69. The first-order chi connectivity index (χ1) is 9.22. The molecule has 0 aliphatic carbocycles. The van der Waals surface area contributed by atoms with E-state index in [0.29, 0.717) is 12.0 Å². The van der Waals surface area contributed by atoms with E-state index >= 15 is 0 Å². The normalized spacial score (nSPS) is 32.8. The van der Waals surface area contributed by atoms with Gasteiger partial charge in [-0.05, 0) is 38.0 Å². The van der Waals surface area contributed by atoms with Crippen LogP contribution in [0.4, 0.5) is 0 Å². The number of nitrogens with one attached hydrogen (secondary N) is 1.